The lowest BCUT2D eigenvalue weighted by molar-refractivity contribution is -0.132. The summed E-state index contributed by atoms with van der Waals surface area (Å²) in [5, 5.41) is 11.2. The van der Waals surface area contributed by atoms with Crippen LogP contribution >= 0.6 is 11.6 Å². The third kappa shape index (κ3) is 4.49. The molecule has 1 saturated heterocycles. The van der Waals surface area contributed by atoms with E-state index < -0.39 is 6.10 Å². The molecule has 28 heavy (non-hydrogen) atoms. The molecule has 148 valence electrons. The van der Waals surface area contributed by atoms with E-state index in [1.54, 1.807) is 4.90 Å². The number of piperazine rings is 1. The van der Waals surface area contributed by atoms with Gasteiger partial charge in [0.25, 0.3) is 0 Å². The van der Waals surface area contributed by atoms with Crippen molar-refractivity contribution in [2.24, 2.45) is 0 Å². The maximum Gasteiger partial charge on any atom is 0.242 e. The van der Waals surface area contributed by atoms with Crippen molar-refractivity contribution in [3.05, 3.63) is 64.7 Å². The highest BCUT2D eigenvalue weighted by atomic mass is 35.5. The van der Waals surface area contributed by atoms with Crippen molar-refractivity contribution in [1.29, 1.82) is 0 Å². The van der Waals surface area contributed by atoms with Crippen molar-refractivity contribution in [2.75, 3.05) is 44.2 Å². The predicted octanol–water partition coefficient (Wildman–Crippen LogP) is 2.41. The van der Waals surface area contributed by atoms with Gasteiger partial charge in [0.2, 0.25) is 5.91 Å². The Morgan fingerprint density at radius 1 is 0.964 bits per heavy atom. The standard InChI is InChI=1S/C22H26ClN3O2/c23-19-6-3-7-20(12-19)25-10-11-26(22(28)16-25)15-21(27)14-24-9-8-17-4-1-2-5-18(17)13-24/h1-7,12,21,27H,8-11,13-16H2. The zero-order valence-electron chi connectivity index (χ0n) is 15.9. The Morgan fingerprint density at radius 2 is 1.79 bits per heavy atom. The Bertz CT molecular complexity index is 844. The van der Waals surface area contributed by atoms with Gasteiger partial charge in [-0.1, -0.05) is 41.9 Å². The number of hydrogen-bond donors (Lipinski definition) is 1. The van der Waals surface area contributed by atoms with E-state index in [4.69, 9.17) is 11.6 Å². The number of amides is 1. The second kappa shape index (κ2) is 8.52. The molecule has 0 radical (unpaired) electrons. The molecular formula is C22H26ClN3O2. The van der Waals surface area contributed by atoms with E-state index in [1.807, 2.05) is 29.2 Å². The van der Waals surface area contributed by atoms with E-state index >= 15 is 0 Å². The molecule has 4 rings (SSSR count). The number of carbonyl (C=O) groups excluding carboxylic acids is 1. The SMILES string of the molecule is O=C1CN(c2cccc(Cl)c2)CCN1CC(O)CN1CCc2ccccc2C1. The molecule has 2 aliphatic heterocycles. The van der Waals surface area contributed by atoms with Gasteiger partial charge in [0.1, 0.15) is 0 Å². The number of halogens is 1. The monoisotopic (exact) mass is 399 g/mol. The number of hydrogen-bond acceptors (Lipinski definition) is 4. The number of anilines is 1. The average Bonchev–Trinajstić information content (AvgIpc) is 2.69. The van der Waals surface area contributed by atoms with Gasteiger partial charge in [0, 0.05) is 50.0 Å². The van der Waals surface area contributed by atoms with E-state index in [1.165, 1.54) is 11.1 Å². The second-order valence-electron chi connectivity index (χ2n) is 7.65. The van der Waals surface area contributed by atoms with Crippen LogP contribution in [0.4, 0.5) is 5.69 Å². The van der Waals surface area contributed by atoms with Gasteiger partial charge in [-0.25, -0.2) is 0 Å². The van der Waals surface area contributed by atoms with Crippen LogP contribution in [0.3, 0.4) is 0 Å². The molecule has 1 amide bonds. The third-order valence-corrected chi connectivity index (χ3v) is 5.84. The van der Waals surface area contributed by atoms with Crippen molar-refractivity contribution in [3.8, 4) is 0 Å². The summed E-state index contributed by atoms with van der Waals surface area (Å²) in [6, 6.07) is 16.1. The number of aliphatic hydroxyl groups is 1. The molecule has 0 bridgehead atoms. The second-order valence-corrected chi connectivity index (χ2v) is 8.09. The Kier molecular flexibility index (Phi) is 5.85. The van der Waals surface area contributed by atoms with Crippen LogP contribution in [-0.2, 0) is 17.8 Å². The Balaban J connectivity index is 1.28. The summed E-state index contributed by atoms with van der Waals surface area (Å²) in [7, 11) is 0. The lowest BCUT2D eigenvalue weighted by Gasteiger charge is -2.37. The van der Waals surface area contributed by atoms with Crippen molar-refractivity contribution < 1.29 is 9.90 Å². The highest BCUT2D eigenvalue weighted by molar-refractivity contribution is 6.30. The first-order valence-corrected chi connectivity index (χ1v) is 10.2. The van der Waals surface area contributed by atoms with Gasteiger partial charge >= 0.3 is 0 Å². The van der Waals surface area contributed by atoms with Gasteiger partial charge in [-0.2, -0.15) is 0 Å². The van der Waals surface area contributed by atoms with Gasteiger partial charge in [0.05, 0.1) is 12.6 Å². The van der Waals surface area contributed by atoms with E-state index in [2.05, 4.69) is 29.2 Å². The first-order valence-electron chi connectivity index (χ1n) is 9.84. The van der Waals surface area contributed by atoms with Crippen LogP contribution in [0.2, 0.25) is 5.02 Å². The molecule has 2 aliphatic rings. The quantitative estimate of drug-likeness (QED) is 0.838. The van der Waals surface area contributed by atoms with Crippen molar-refractivity contribution in [2.45, 2.75) is 19.1 Å². The minimum atomic E-state index is -0.535. The van der Waals surface area contributed by atoms with Gasteiger partial charge in [-0.15, -0.1) is 0 Å². The zero-order chi connectivity index (χ0) is 19.5. The molecule has 2 aromatic rings. The summed E-state index contributed by atoms with van der Waals surface area (Å²) >= 11 is 6.06. The minimum absolute atomic E-state index is 0.0502. The minimum Gasteiger partial charge on any atom is -0.390 e. The highest BCUT2D eigenvalue weighted by Crippen LogP contribution is 2.22. The molecule has 1 N–H and O–H groups in total. The smallest absolute Gasteiger partial charge is 0.242 e. The van der Waals surface area contributed by atoms with Crippen LogP contribution in [0.15, 0.2) is 48.5 Å². The molecule has 1 fully saturated rings. The van der Waals surface area contributed by atoms with Crippen LogP contribution in [0, 0.1) is 0 Å². The molecule has 1 atom stereocenters. The molecule has 0 spiro atoms. The summed E-state index contributed by atoms with van der Waals surface area (Å²) in [5.74, 6) is 0.0502. The number of aliphatic hydroxyl groups excluding tert-OH is 1. The zero-order valence-corrected chi connectivity index (χ0v) is 16.7. The first kappa shape index (κ1) is 19.2. The van der Waals surface area contributed by atoms with E-state index in [-0.39, 0.29) is 5.91 Å². The van der Waals surface area contributed by atoms with E-state index in [0.29, 0.717) is 31.2 Å². The first-order chi connectivity index (χ1) is 13.6. The predicted molar refractivity (Wildman–Crippen MR) is 112 cm³/mol. The van der Waals surface area contributed by atoms with Gasteiger partial charge in [0.15, 0.2) is 0 Å². The molecule has 0 aliphatic carbocycles. The number of carbonyl (C=O) groups is 1. The van der Waals surface area contributed by atoms with Crippen molar-refractivity contribution >= 4 is 23.2 Å². The maximum absolute atomic E-state index is 12.6. The normalized spacial score (nSPS) is 18.9. The molecule has 1 unspecified atom stereocenters. The largest absolute Gasteiger partial charge is 0.390 e. The van der Waals surface area contributed by atoms with Gasteiger partial charge < -0.3 is 14.9 Å². The topological polar surface area (TPSA) is 47.0 Å². The molecule has 2 heterocycles. The lowest BCUT2D eigenvalue weighted by atomic mass is 10.00. The number of rotatable bonds is 5. The Labute approximate surface area is 171 Å². The lowest BCUT2D eigenvalue weighted by Crippen LogP contribution is -2.53. The fourth-order valence-electron chi connectivity index (χ4n) is 4.11. The third-order valence-electron chi connectivity index (χ3n) is 5.60. The number of β-amino-alcohol motifs (C(OH)–C–C–N with tert-alkyl or cyclic N) is 1. The average molecular weight is 400 g/mol. The van der Waals surface area contributed by atoms with Gasteiger partial charge in [-0.05, 0) is 35.7 Å². The van der Waals surface area contributed by atoms with Gasteiger partial charge in [-0.3, -0.25) is 9.69 Å². The molecule has 5 nitrogen and oxygen atoms in total. The van der Waals surface area contributed by atoms with E-state index in [0.717, 1.165) is 31.7 Å². The summed E-state index contributed by atoms with van der Waals surface area (Å²) in [6.07, 6.45) is 0.479. The van der Waals surface area contributed by atoms with Crippen LogP contribution in [0.25, 0.3) is 0 Å². The molecule has 0 aromatic heterocycles. The van der Waals surface area contributed by atoms with Crippen molar-refractivity contribution in [3.63, 3.8) is 0 Å². The van der Waals surface area contributed by atoms with E-state index in [9.17, 15) is 9.90 Å². The number of fused-ring (bicyclic) bond motifs is 1. The maximum atomic E-state index is 12.6. The molecule has 6 heteroatoms. The van der Waals surface area contributed by atoms with Crippen LogP contribution in [0.5, 0.6) is 0 Å². The molecule has 0 saturated carbocycles. The number of nitrogens with zero attached hydrogens (tertiary/aromatic N) is 3. The fourth-order valence-corrected chi connectivity index (χ4v) is 4.30. The Morgan fingerprint density at radius 3 is 2.57 bits per heavy atom. The number of benzene rings is 2. The molecule has 2 aromatic carbocycles. The van der Waals surface area contributed by atoms with Crippen LogP contribution in [0.1, 0.15) is 11.1 Å². The highest BCUT2D eigenvalue weighted by Gasteiger charge is 2.27. The van der Waals surface area contributed by atoms with Crippen molar-refractivity contribution in [1.82, 2.24) is 9.80 Å². The molecular weight excluding hydrogens is 374 g/mol. The van der Waals surface area contributed by atoms with Crippen LogP contribution in [-0.4, -0.2) is 66.2 Å². The summed E-state index contributed by atoms with van der Waals surface area (Å²) in [5.41, 5.74) is 3.71. The van der Waals surface area contributed by atoms with Crippen LogP contribution < -0.4 is 4.90 Å². The fraction of sp³-hybridized carbons (Fsp3) is 0.409. The summed E-state index contributed by atoms with van der Waals surface area (Å²) < 4.78 is 0. The Hall–Kier alpha value is -2.08. The summed E-state index contributed by atoms with van der Waals surface area (Å²) in [6.45, 7) is 4.48. The summed E-state index contributed by atoms with van der Waals surface area (Å²) in [4.78, 5) is 18.7.